The van der Waals surface area contributed by atoms with Crippen LogP contribution in [0.3, 0.4) is 0 Å². The molecule has 348 valence electrons. The van der Waals surface area contributed by atoms with Gasteiger partial charge in [0.1, 0.15) is 23.7 Å². The molecule has 2 aromatic heterocycles. The third kappa shape index (κ3) is 7.91. The standard InChI is InChI=1S/C49H50F3N9O5S/c1-29-2-11-42(47(63)55-29)61-25-33-18-36(7-8-37(33)48(61)64)59-27-49(28-59)20-30(21-49)24-57-14-16-58(17-15-57)35-5-3-31(4-6-35)32-19-38-39(23-54-46(38)53-22-32)45(62)43-40(51)9-10-41(44(43)52)56-67(65,66)60-13-12-34(50)26-60/h3-10,18-19,22-23,30,34,42,56H,1-2,11-17,20-21,24-28H2,(H,53,54)(H,55,63)/t34-,42?/m1/s1. The smallest absolute Gasteiger partial charge is 0.301 e. The molecule has 1 spiro atoms. The first kappa shape index (κ1) is 43.3. The molecule has 4 saturated heterocycles. The fourth-order valence-electron chi connectivity index (χ4n) is 11.2. The van der Waals surface area contributed by atoms with Gasteiger partial charge in [-0.15, -0.1) is 0 Å². The molecule has 3 N–H and O–H groups in total. The second-order valence-electron chi connectivity index (χ2n) is 19.2. The van der Waals surface area contributed by atoms with Crippen molar-refractivity contribution in [3.8, 4) is 11.1 Å². The first-order chi connectivity index (χ1) is 32.2. The number of nitrogens with one attached hydrogen (secondary N) is 3. The minimum Gasteiger partial charge on any atom is -0.370 e. The predicted molar refractivity (Wildman–Crippen MR) is 248 cm³/mol. The molecule has 18 heteroatoms. The molecule has 5 fully saturated rings. The summed E-state index contributed by atoms with van der Waals surface area (Å²) in [6.07, 6.45) is 5.36. The Hall–Kier alpha value is -6.24. The lowest BCUT2D eigenvalue weighted by Crippen LogP contribution is -2.64. The number of hydrogen-bond acceptors (Lipinski definition) is 9. The Labute approximate surface area is 386 Å². The van der Waals surface area contributed by atoms with Crippen molar-refractivity contribution in [1.29, 1.82) is 0 Å². The number of fused-ring (bicyclic) bond motifs is 2. The van der Waals surface area contributed by atoms with Gasteiger partial charge in [-0.25, -0.2) is 18.2 Å². The quantitative estimate of drug-likeness (QED) is 0.131. The van der Waals surface area contributed by atoms with E-state index in [1.54, 1.807) is 17.2 Å². The largest absolute Gasteiger partial charge is 0.370 e. The van der Waals surface area contributed by atoms with E-state index in [4.69, 9.17) is 0 Å². The van der Waals surface area contributed by atoms with Gasteiger partial charge in [-0.3, -0.25) is 24.0 Å². The average molecular weight is 934 g/mol. The molecule has 11 rings (SSSR count). The topological polar surface area (TPSA) is 154 Å². The summed E-state index contributed by atoms with van der Waals surface area (Å²) in [5, 5.41) is 3.15. The number of alkyl halides is 1. The Morgan fingerprint density at radius 2 is 1.67 bits per heavy atom. The molecule has 0 bridgehead atoms. The van der Waals surface area contributed by atoms with Crippen molar-refractivity contribution < 1.29 is 36.0 Å². The summed E-state index contributed by atoms with van der Waals surface area (Å²) in [5.74, 6) is -3.08. The van der Waals surface area contributed by atoms with Crippen molar-refractivity contribution in [1.82, 2.24) is 29.4 Å². The molecule has 5 aromatic rings. The van der Waals surface area contributed by atoms with Crippen LogP contribution in [0.25, 0.3) is 22.2 Å². The monoisotopic (exact) mass is 933 g/mol. The van der Waals surface area contributed by atoms with E-state index in [1.165, 1.54) is 19.0 Å². The summed E-state index contributed by atoms with van der Waals surface area (Å²) < 4.78 is 73.2. The number of piperidine rings is 1. The van der Waals surface area contributed by atoms with Gasteiger partial charge < -0.3 is 25.0 Å². The Bertz CT molecular complexity index is 2960. The summed E-state index contributed by atoms with van der Waals surface area (Å²) in [6.45, 7) is 10.7. The van der Waals surface area contributed by atoms with Gasteiger partial charge in [0, 0.05) is 122 Å². The molecule has 0 radical (unpaired) electrons. The van der Waals surface area contributed by atoms with Gasteiger partial charge in [0.15, 0.2) is 5.82 Å². The first-order valence-corrected chi connectivity index (χ1v) is 24.3. The molecule has 3 aromatic carbocycles. The number of pyridine rings is 1. The normalized spacial score (nSPS) is 22.3. The maximum absolute atomic E-state index is 15.8. The van der Waals surface area contributed by atoms with Gasteiger partial charge in [0.25, 0.3) is 5.91 Å². The van der Waals surface area contributed by atoms with E-state index >= 15 is 8.78 Å². The molecular formula is C49H50F3N9O5S. The Morgan fingerprint density at radius 1 is 0.910 bits per heavy atom. The number of carbonyl (C=O) groups is 3. The number of benzene rings is 3. The molecule has 7 heterocycles. The van der Waals surface area contributed by atoms with E-state index < -0.39 is 51.1 Å². The Balaban J connectivity index is 0.671. The van der Waals surface area contributed by atoms with Crippen molar-refractivity contribution in [3.05, 3.63) is 119 Å². The highest BCUT2D eigenvalue weighted by atomic mass is 32.2. The lowest BCUT2D eigenvalue weighted by atomic mass is 9.57. The van der Waals surface area contributed by atoms with Crippen molar-refractivity contribution >= 4 is 55.9 Å². The van der Waals surface area contributed by atoms with E-state index in [-0.39, 0.29) is 36.9 Å². The molecule has 1 aliphatic carbocycles. The van der Waals surface area contributed by atoms with Gasteiger partial charge in [0.05, 0.1) is 11.3 Å². The van der Waals surface area contributed by atoms with Crippen molar-refractivity contribution in [2.75, 3.05) is 73.4 Å². The van der Waals surface area contributed by atoms with Gasteiger partial charge in [-0.05, 0) is 97.7 Å². The molecule has 1 unspecified atom stereocenters. The minimum absolute atomic E-state index is 0.00789. The van der Waals surface area contributed by atoms with Crippen LogP contribution >= 0.6 is 0 Å². The van der Waals surface area contributed by atoms with E-state index in [0.717, 1.165) is 84.8 Å². The number of hydrogen-bond donors (Lipinski definition) is 3. The average Bonchev–Trinajstić information content (AvgIpc) is 4.02. The third-order valence-electron chi connectivity index (χ3n) is 14.7. The van der Waals surface area contributed by atoms with Gasteiger partial charge in [-0.1, -0.05) is 18.7 Å². The van der Waals surface area contributed by atoms with Crippen LogP contribution in [0.2, 0.25) is 0 Å². The first-order valence-electron chi connectivity index (χ1n) is 22.9. The predicted octanol–water partition coefficient (Wildman–Crippen LogP) is 6.23. The molecule has 67 heavy (non-hydrogen) atoms. The summed E-state index contributed by atoms with van der Waals surface area (Å²) in [6, 6.07) is 17.2. The number of allylic oxidation sites excluding steroid dienone is 1. The molecule has 2 amide bonds. The number of ketones is 1. The number of anilines is 3. The van der Waals surface area contributed by atoms with Crippen LogP contribution in [0.1, 0.15) is 63.9 Å². The molecule has 1 saturated carbocycles. The van der Waals surface area contributed by atoms with Crippen LogP contribution in [-0.2, 0) is 21.5 Å². The molecule has 2 atom stereocenters. The zero-order valence-corrected chi connectivity index (χ0v) is 37.6. The van der Waals surface area contributed by atoms with E-state index in [9.17, 15) is 27.2 Å². The summed E-state index contributed by atoms with van der Waals surface area (Å²) in [4.78, 5) is 56.0. The number of piperazine rings is 1. The molecular weight excluding hydrogens is 884 g/mol. The summed E-state index contributed by atoms with van der Waals surface area (Å²) >= 11 is 0. The zero-order chi connectivity index (χ0) is 46.4. The SMILES string of the molecule is C=C1CCC(N2Cc3cc(N4CC5(CC(CN6CCN(c7ccc(-c8cnc9[nH]cc(C(=O)c%10c(F)ccc(NS(=O)(=O)N%11CC[C@@H](F)C%11)c%10F)c9c8)cc7)CC6)C5)C4)ccc3C2=O)C(=O)N1. The highest BCUT2D eigenvalue weighted by Crippen LogP contribution is 2.53. The molecule has 5 aliphatic heterocycles. The number of aromatic nitrogens is 2. The molecule has 14 nitrogen and oxygen atoms in total. The van der Waals surface area contributed by atoms with Crippen LogP contribution in [0.15, 0.2) is 85.3 Å². The second kappa shape index (κ2) is 16.5. The number of rotatable bonds is 11. The lowest BCUT2D eigenvalue weighted by molar-refractivity contribution is -0.126. The zero-order valence-electron chi connectivity index (χ0n) is 36.7. The fraction of sp³-hybridized carbons (Fsp3) is 0.388. The maximum atomic E-state index is 15.8. The van der Waals surface area contributed by atoms with E-state index in [2.05, 4.69) is 60.8 Å². The summed E-state index contributed by atoms with van der Waals surface area (Å²) in [7, 11) is -4.35. The van der Waals surface area contributed by atoms with Crippen LogP contribution in [0.4, 0.5) is 30.2 Å². The summed E-state index contributed by atoms with van der Waals surface area (Å²) in [5.41, 5.74) is 5.28. The van der Waals surface area contributed by atoms with Gasteiger partial charge >= 0.3 is 10.2 Å². The minimum atomic E-state index is -4.35. The number of H-pyrrole nitrogens is 1. The number of carbonyl (C=O) groups excluding carboxylic acids is 3. The lowest BCUT2D eigenvalue weighted by Gasteiger charge is -2.60. The van der Waals surface area contributed by atoms with Crippen molar-refractivity contribution in [2.45, 2.75) is 50.9 Å². The van der Waals surface area contributed by atoms with Gasteiger partial charge in [-0.2, -0.15) is 12.7 Å². The Morgan fingerprint density at radius 3 is 2.40 bits per heavy atom. The molecule has 6 aliphatic rings. The number of amides is 2. The number of halogens is 3. The highest BCUT2D eigenvalue weighted by molar-refractivity contribution is 7.90. The second-order valence-corrected chi connectivity index (χ2v) is 20.8. The van der Waals surface area contributed by atoms with Crippen LogP contribution in [-0.4, -0.2) is 121 Å². The fourth-order valence-corrected chi connectivity index (χ4v) is 12.5. The number of nitrogens with zero attached hydrogens (tertiary/aromatic N) is 6. The van der Waals surface area contributed by atoms with E-state index in [0.29, 0.717) is 58.6 Å². The Kier molecular flexibility index (Phi) is 10.7. The number of aromatic amines is 1. The van der Waals surface area contributed by atoms with Crippen LogP contribution < -0.4 is 19.8 Å². The third-order valence-corrected chi connectivity index (χ3v) is 16.2. The van der Waals surface area contributed by atoms with Crippen molar-refractivity contribution in [2.24, 2.45) is 11.3 Å². The highest BCUT2D eigenvalue weighted by Gasteiger charge is 2.52. The van der Waals surface area contributed by atoms with Gasteiger partial charge in [0.2, 0.25) is 11.7 Å². The van der Waals surface area contributed by atoms with Crippen LogP contribution in [0.5, 0.6) is 0 Å². The van der Waals surface area contributed by atoms with E-state index in [1.807, 2.05) is 22.9 Å². The van der Waals surface area contributed by atoms with Crippen molar-refractivity contribution in [3.63, 3.8) is 0 Å². The van der Waals surface area contributed by atoms with Crippen LogP contribution in [0, 0.1) is 23.0 Å². The maximum Gasteiger partial charge on any atom is 0.301 e.